The van der Waals surface area contributed by atoms with E-state index >= 15 is 0 Å². The molecule has 0 aliphatic heterocycles. The molecule has 0 spiro atoms. The topological polar surface area (TPSA) is 54.0 Å². The van der Waals surface area contributed by atoms with Gasteiger partial charge in [0.15, 0.2) is 0 Å². The van der Waals surface area contributed by atoms with Crippen molar-refractivity contribution in [2.45, 2.75) is 13.3 Å². The number of carbonyl (C=O) groups excluding carboxylic acids is 1. The van der Waals surface area contributed by atoms with Crippen molar-refractivity contribution >= 4 is 30.7 Å². The fourth-order valence-corrected chi connectivity index (χ4v) is 1.20. The second-order valence-electron chi connectivity index (χ2n) is 3.40. The number of carbonyl (C=O) groups is 1. The minimum Gasteiger partial charge on any atom is -0.351 e. The van der Waals surface area contributed by atoms with Crippen LogP contribution in [0.2, 0.25) is 0 Å². The Balaban J connectivity index is 0. The number of hydrogen-bond donors (Lipinski definition) is 2. The van der Waals surface area contributed by atoms with Gasteiger partial charge in [-0.1, -0.05) is 6.92 Å². The Morgan fingerprint density at radius 2 is 2.00 bits per heavy atom. The highest BCUT2D eigenvalue weighted by molar-refractivity contribution is 5.93. The maximum atomic E-state index is 12.8. The van der Waals surface area contributed by atoms with Gasteiger partial charge in [-0.3, -0.25) is 9.78 Å². The first-order valence-electron chi connectivity index (χ1n) is 5.33. The molecule has 0 atom stereocenters. The molecule has 18 heavy (non-hydrogen) atoms. The van der Waals surface area contributed by atoms with Crippen molar-refractivity contribution in [1.29, 1.82) is 0 Å². The van der Waals surface area contributed by atoms with Crippen molar-refractivity contribution in [2.24, 2.45) is 0 Å². The van der Waals surface area contributed by atoms with Gasteiger partial charge in [0.1, 0.15) is 5.82 Å². The number of nitrogens with zero attached hydrogens (tertiary/aromatic N) is 1. The normalized spacial score (nSPS) is 9.00. The van der Waals surface area contributed by atoms with Crippen LogP contribution in [0.15, 0.2) is 18.5 Å². The smallest absolute Gasteiger partial charge is 0.252 e. The van der Waals surface area contributed by atoms with E-state index < -0.39 is 5.82 Å². The Morgan fingerprint density at radius 1 is 1.28 bits per heavy atom. The lowest BCUT2D eigenvalue weighted by molar-refractivity contribution is 0.0953. The summed E-state index contributed by atoms with van der Waals surface area (Å²) < 4.78 is 12.8. The number of nitrogens with one attached hydrogen (secondary N) is 2. The molecule has 0 saturated heterocycles. The van der Waals surface area contributed by atoms with Crippen molar-refractivity contribution < 1.29 is 9.18 Å². The average molecular weight is 298 g/mol. The Bertz CT molecular complexity index is 353. The van der Waals surface area contributed by atoms with Crippen molar-refractivity contribution in [3.05, 3.63) is 29.8 Å². The zero-order valence-corrected chi connectivity index (χ0v) is 11.7. The summed E-state index contributed by atoms with van der Waals surface area (Å²) in [6, 6.07) is 1.17. The van der Waals surface area contributed by atoms with Gasteiger partial charge < -0.3 is 10.6 Å². The van der Waals surface area contributed by atoms with Crippen LogP contribution in [0.4, 0.5) is 4.39 Å². The Morgan fingerprint density at radius 3 is 2.61 bits per heavy atom. The van der Waals surface area contributed by atoms with Gasteiger partial charge >= 0.3 is 0 Å². The molecule has 0 aliphatic rings. The van der Waals surface area contributed by atoms with Gasteiger partial charge in [-0.15, -0.1) is 24.8 Å². The van der Waals surface area contributed by atoms with Crippen LogP contribution in [0.1, 0.15) is 23.7 Å². The predicted octanol–water partition coefficient (Wildman–Crippen LogP) is 1.79. The molecule has 0 fully saturated rings. The number of pyridine rings is 1. The lowest BCUT2D eigenvalue weighted by Crippen LogP contribution is -2.32. The summed E-state index contributed by atoms with van der Waals surface area (Å²) in [7, 11) is 0. The highest BCUT2D eigenvalue weighted by Gasteiger charge is 2.05. The molecule has 1 heterocycles. The zero-order chi connectivity index (χ0) is 11.8. The van der Waals surface area contributed by atoms with E-state index in [2.05, 4.69) is 22.5 Å². The standard InChI is InChI=1S/C11H16FN3O.2ClH/c1-2-3-13-4-5-15-11(16)9-6-10(12)8-14-7-9;;/h6-8,13H,2-5H2,1H3,(H,15,16);2*1H. The minimum atomic E-state index is -0.503. The van der Waals surface area contributed by atoms with E-state index in [-0.39, 0.29) is 36.3 Å². The molecule has 1 aromatic rings. The fourth-order valence-electron chi connectivity index (χ4n) is 1.20. The minimum absolute atomic E-state index is 0. The van der Waals surface area contributed by atoms with E-state index in [4.69, 9.17) is 0 Å². The summed E-state index contributed by atoms with van der Waals surface area (Å²) in [6.45, 7) is 4.24. The Labute approximate surface area is 119 Å². The van der Waals surface area contributed by atoms with Crippen molar-refractivity contribution in [2.75, 3.05) is 19.6 Å². The van der Waals surface area contributed by atoms with Crippen LogP contribution in [0.5, 0.6) is 0 Å². The van der Waals surface area contributed by atoms with Gasteiger partial charge in [-0.05, 0) is 19.0 Å². The highest BCUT2D eigenvalue weighted by atomic mass is 35.5. The summed E-state index contributed by atoms with van der Waals surface area (Å²) in [5.74, 6) is -0.804. The number of halogens is 3. The fraction of sp³-hybridized carbons (Fsp3) is 0.455. The first kappa shape index (κ1) is 19.4. The molecule has 0 radical (unpaired) electrons. The van der Waals surface area contributed by atoms with Gasteiger partial charge in [0, 0.05) is 19.3 Å². The van der Waals surface area contributed by atoms with Gasteiger partial charge in [-0.2, -0.15) is 0 Å². The largest absolute Gasteiger partial charge is 0.351 e. The molecule has 0 aromatic carbocycles. The third-order valence-corrected chi connectivity index (χ3v) is 1.98. The molecule has 1 rings (SSSR count). The third-order valence-electron chi connectivity index (χ3n) is 1.98. The van der Waals surface area contributed by atoms with Crippen LogP contribution < -0.4 is 10.6 Å². The van der Waals surface area contributed by atoms with Gasteiger partial charge in [0.2, 0.25) is 0 Å². The van der Waals surface area contributed by atoms with E-state index in [1.54, 1.807) is 0 Å². The SMILES string of the molecule is CCCNCCNC(=O)c1cncc(F)c1.Cl.Cl. The first-order chi connectivity index (χ1) is 7.74. The Hall–Kier alpha value is -0.910. The summed E-state index contributed by atoms with van der Waals surface area (Å²) in [6.07, 6.45) is 3.47. The van der Waals surface area contributed by atoms with Crippen LogP contribution >= 0.6 is 24.8 Å². The van der Waals surface area contributed by atoms with Crippen molar-refractivity contribution in [3.8, 4) is 0 Å². The zero-order valence-electron chi connectivity index (χ0n) is 10.1. The number of aromatic nitrogens is 1. The van der Waals surface area contributed by atoms with Crippen molar-refractivity contribution in [3.63, 3.8) is 0 Å². The first-order valence-corrected chi connectivity index (χ1v) is 5.33. The molecule has 1 amide bonds. The molecular formula is C11H18Cl2FN3O. The molecule has 1 aromatic heterocycles. The maximum absolute atomic E-state index is 12.8. The summed E-state index contributed by atoms with van der Waals surface area (Å²) >= 11 is 0. The number of hydrogen-bond acceptors (Lipinski definition) is 3. The van der Waals surface area contributed by atoms with E-state index in [0.717, 1.165) is 19.2 Å². The average Bonchev–Trinajstić information content (AvgIpc) is 2.28. The lowest BCUT2D eigenvalue weighted by Gasteiger charge is -2.05. The Kier molecular flexibility index (Phi) is 12.1. The second-order valence-corrected chi connectivity index (χ2v) is 3.40. The molecular weight excluding hydrogens is 280 g/mol. The van der Waals surface area contributed by atoms with Gasteiger partial charge in [0.25, 0.3) is 5.91 Å². The molecule has 0 unspecified atom stereocenters. The van der Waals surface area contributed by atoms with Gasteiger partial charge in [-0.25, -0.2) is 4.39 Å². The monoisotopic (exact) mass is 297 g/mol. The van der Waals surface area contributed by atoms with Crippen LogP contribution in [0.25, 0.3) is 0 Å². The molecule has 4 nitrogen and oxygen atoms in total. The number of rotatable bonds is 6. The lowest BCUT2D eigenvalue weighted by atomic mass is 10.2. The molecule has 104 valence electrons. The second kappa shape index (κ2) is 11.2. The quantitative estimate of drug-likeness (QED) is 0.787. The van der Waals surface area contributed by atoms with Gasteiger partial charge in [0.05, 0.1) is 11.8 Å². The van der Waals surface area contributed by atoms with Crippen LogP contribution in [0, 0.1) is 5.82 Å². The molecule has 0 aliphatic carbocycles. The summed E-state index contributed by atoms with van der Waals surface area (Å²) in [4.78, 5) is 15.1. The molecule has 0 saturated carbocycles. The third kappa shape index (κ3) is 7.42. The van der Waals surface area contributed by atoms with Crippen molar-refractivity contribution in [1.82, 2.24) is 15.6 Å². The maximum Gasteiger partial charge on any atom is 0.252 e. The van der Waals surface area contributed by atoms with Crippen LogP contribution in [-0.4, -0.2) is 30.5 Å². The highest BCUT2D eigenvalue weighted by Crippen LogP contribution is 1.99. The molecule has 7 heteroatoms. The van der Waals surface area contributed by atoms with E-state index in [1.807, 2.05) is 0 Å². The molecule has 0 bridgehead atoms. The molecule has 2 N–H and O–H groups in total. The van der Waals surface area contributed by atoms with E-state index in [9.17, 15) is 9.18 Å². The summed E-state index contributed by atoms with van der Waals surface area (Å²) in [5, 5.41) is 5.83. The summed E-state index contributed by atoms with van der Waals surface area (Å²) in [5.41, 5.74) is 0.246. The van der Waals surface area contributed by atoms with E-state index in [0.29, 0.717) is 13.1 Å². The van der Waals surface area contributed by atoms with Crippen LogP contribution in [-0.2, 0) is 0 Å². The predicted molar refractivity (Wildman–Crippen MR) is 74.2 cm³/mol. The van der Waals surface area contributed by atoms with Crippen LogP contribution in [0.3, 0.4) is 0 Å². The number of amides is 1. The van der Waals surface area contributed by atoms with E-state index in [1.165, 1.54) is 12.3 Å².